The Kier molecular flexibility index (Phi) is 4.33. The predicted octanol–water partition coefficient (Wildman–Crippen LogP) is 1.01. The second-order valence-electron chi connectivity index (χ2n) is 7.04. The number of hydrogen-bond acceptors (Lipinski definition) is 5. The van der Waals surface area contributed by atoms with Crippen molar-refractivity contribution in [3.05, 3.63) is 23.8 Å². The fourth-order valence-electron chi connectivity index (χ4n) is 3.82. The summed E-state index contributed by atoms with van der Waals surface area (Å²) in [6, 6.07) is 6.14. The lowest BCUT2D eigenvalue weighted by atomic mass is 10.1. The Hall–Kier alpha value is -1.79. The molecule has 0 radical (unpaired) electrons. The van der Waals surface area contributed by atoms with Crippen LogP contribution >= 0.6 is 0 Å². The molecule has 0 bridgehead atoms. The molecule has 1 aromatic rings. The average molecular weight is 331 g/mol. The predicted molar refractivity (Wildman–Crippen MR) is 90.0 cm³/mol. The minimum Gasteiger partial charge on any atom is -0.454 e. The van der Waals surface area contributed by atoms with Gasteiger partial charge in [0, 0.05) is 39.3 Å². The third kappa shape index (κ3) is 3.21. The second kappa shape index (κ2) is 6.61. The summed E-state index contributed by atoms with van der Waals surface area (Å²) in [5.74, 6) is 2.22. The lowest BCUT2D eigenvalue weighted by Crippen LogP contribution is -2.50. The molecule has 1 amide bonds. The van der Waals surface area contributed by atoms with Crippen LogP contribution in [0.1, 0.15) is 12.0 Å². The fourth-order valence-corrected chi connectivity index (χ4v) is 3.82. The molecule has 24 heavy (non-hydrogen) atoms. The molecule has 2 fully saturated rings. The highest BCUT2D eigenvalue weighted by atomic mass is 16.7. The summed E-state index contributed by atoms with van der Waals surface area (Å²) in [5, 5.41) is 0. The number of ether oxygens (including phenoxy) is 2. The molecule has 3 heterocycles. The molecule has 4 rings (SSSR count). The molecule has 1 unspecified atom stereocenters. The van der Waals surface area contributed by atoms with Crippen molar-refractivity contribution >= 4 is 5.91 Å². The molecule has 1 atom stereocenters. The van der Waals surface area contributed by atoms with Crippen molar-refractivity contribution in [3.8, 4) is 11.5 Å². The number of nitrogens with zero attached hydrogens (tertiary/aromatic N) is 3. The van der Waals surface area contributed by atoms with Crippen LogP contribution < -0.4 is 9.47 Å². The van der Waals surface area contributed by atoms with Gasteiger partial charge in [0.25, 0.3) is 0 Å². The molecule has 6 heteroatoms. The molecule has 0 saturated carbocycles. The highest BCUT2D eigenvalue weighted by molar-refractivity contribution is 5.79. The SMILES string of the molecule is CN1CCC(C(=O)N2CCN(Cc3ccc4c(c3)OCO4)CC2)C1. The largest absolute Gasteiger partial charge is 0.454 e. The van der Waals surface area contributed by atoms with Gasteiger partial charge in [-0.2, -0.15) is 0 Å². The molecule has 0 aromatic heterocycles. The molecular formula is C18H25N3O3. The first-order chi connectivity index (χ1) is 11.7. The van der Waals surface area contributed by atoms with E-state index in [-0.39, 0.29) is 5.92 Å². The number of carbonyl (C=O) groups excluding carboxylic acids is 1. The number of hydrogen-bond donors (Lipinski definition) is 0. The Bertz CT molecular complexity index is 614. The Balaban J connectivity index is 1.29. The van der Waals surface area contributed by atoms with Gasteiger partial charge in [-0.25, -0.2) is 0 Å². The van der Waals surface area contributed by atoms with Crippen molar-refractivity contribution in [2.75, 3.05) is 53.1 Å². The zero-order chi connectivity index (χ0) is 16.5. The molecule has 3 aliphatic heterocycles. The topological polar surface area (TPSA) is 45.3 Å². The lowest BCUT2D eigenvalue weighted by Gasteiger charge is -2.36. The van der Waals surface area contributed by atoms with Gasteiger partial charge in [0.2, 0.25) is 12.7 Å². The van der Waals surface area contributed by atoms with Gasteiger partial charge < -0.3 is 19.3 Å². The Morgan fingerprint density at radius 3 is 2.67 bits per heavy atom. The zero-order valence-corrected chi connectivity index (χ0v) is 14.2. The van der Waals surface area contributed by atoms with Crippen molar-refractivity contribution in [1.29, 1.82) is 0 Å². The zero-order valence-electron chi connectivity index (χ0n) is 14.2. The van der Waals surface area contributed by atoms with Crippen LogP contribution in [0.25, 0.3) is 0 Å². The van der Waals surface area contributed by atoms with E-state index in [0.717, 1.165) is 63.7 Å². The van der Waals surface area contributed by atoms with E-state index in [2.05, 4.69) is 33.9 Å². The van der Waals surface area contributed by atoms with Gasteiger partial charge in [-0.15, -0.1) is 0 Å². The first kappa shape index (κ1) is 15.7. The van der Waals surface area contributed by atoms with Crippen molar-refractivity contribution in [2.45, 2.75) is 13.0 Å². The quantitative estimate of drug-likeness (QED) is 0.827. The minimum atomic E-state index is 0.204. The highest BCUT2D eigenvalue weighted by Gasteiger charge is 2.31. The molecule has 130 valence electrons. The summed E-state index contributed by atoms with van der Waals surface area (Å²) >= 11 is 0. The summed E-state index contributed by atoms with van der Waals surface area (Å²) < 4.78 is 10.8. The van der Waals surface area contributed by atoms with Crippen LogP contribution in [0, 0.1) is 5.92 Å². The standard InChI is InChI=1S/C18H25N3O3/c1-19-5-4-15(12-19)18(22)21-8-6-20(7-9-21)11-14-2-3-16-17(10-14)24-13-23-16/h2-3,10,15H,4-9,11-13H2,1H3. The first-order valence-corrected chi connectivity index (χ1v) is 8.77. The monoisotopic (exact) mass is 331 g/mol. The molecule has 3 aliphatic rings. The second-order valence-corrected chi connectivity index (χ2v) is 7.04. The molecule has 6 nitrogen and oxygen atoms in total. The average Bonchev–Trinajstić information content (AvgIpc) is 3.23. The molecule has 1 aromatic carbocycles. The number of piperazine rings is 1. The molecular weight excluding hydrogens is 306 g/mol. The lowest BCUT2D eigenvalue weighted by molar-refractivity contribution is -0.136. The minimum absolute atomic E-state index is 0.204. The van der Waals surface area contributed by atoms with Crippen LogP contribution in [0.3, 0.4) is 0 Å². The highest BCUT2D eigenvalue weighted by Crippen LogP contribution is 2.32. The summed E-state index contributed by atoms with van der Waals surface area (Å²) in [4.78, 5) is 19.3. The van der Waals surface area contributed by atoms with E-state index < -0.39 is 0 Å². The number of likely N-dealkylation sites (tertiary alicyclic amines) is 1. The van der Waals surface area contributed by atoms with Gasteiger partial charge in [-0.05, 0) is 37.7 Å². The maximum atomic E-state index is 12.6. The number of fused-ring (bicyclic) bond motifs is 1. The molecule has 0 spiro atoms. The van der Waals surface area contributed by atoms with E-state index in [0.29, 0.717) is 12.7 Å². The number of benzene rings is 1. The first-order valence-electron chi connectivity index (χ1n) is 8.77. The summed E-state index contributed by atoms with van der Waals surface area (Å²) in [6.07, 6.45) is 1.01. The summed E-state index contributed by atoms with van der Waals surface area (Å²) in [7, 11) is 2.09. The van der Waals surface area contributed by atoms with Gasteiger partial charge in [0.15, 0.2) is 11.5 Å². The Labute approximate surface area is 142 Å². The van der Waals surface area contributed by atoms with Crippen molar-refractivity contribution in [2.24, 2.45) is 5.92 Å². The summed E-state index contributed by atoms with van der Waals surface area (Å²) in [6.45, 7) is 6.70. The van der Waals surface area contributed by atoms with E-state index in [1.807, 2.05) is 6.07 Å². The van der Waals surface area contributed by atoms with Gasteiger partial charge in [0.05, 0.1) is 5.92 Å². The third-order valence-corrected chi connectivity index (χ3v) is 5.27. The van der Waals surface area contributed by atoms with Crippen LogP contribution in [0.15, 0.2) is 18.2 Å². The van der Waals surface area contributed by atoms with Crippen molar-refractivity contribution in [1.82, 2.24) is 14.7 Å². The van der Waals surface area contributed by atoms with Gasteiger partial charge in [0.1, 0.15) is 0 Å². The number of amides is 1. The molecule has 2 saturated heterocycles. The van der Waals surface area contributed by atoms with Crippen LogP contribution in [0.5, 0.6) is 11.5 Å². The summed E-state index contributed by atoms with van der Waals surface area (Å²) in [5.41, 5.74) is 1.23. The van der Waals surface area contributed by atoms with Crippen molar-refractivity contribution < 1.29 is 14.3 Å². The Morgan fingerprint density at radius 1 is 1.12 bits per heavy atom. The van der Waals surface area contributed by atoms with Crippen LogP contribution in [0.2, 0.25) is 0 Å². The molecule has 0 aliphatic carbocycles. The number of carbonyl (C=O) groups is 1. The molecule has 0 N–H and O–H groups in total. The Morgan fingerprint density at radius 2 is 1.92 bits per heavy atom. The third-order valence-electron chi connectivity index (χ3n) is 5.27. The van der Waals surface area contributed by atoms with Crippen LogP contribution in [-0.4, -0.2) is 73.7 Å². The van der Waals surface area contributed by atoms with E-state index in [1.165, 1.54) is 5.56 Å². The van der Waals surface area contributed by atoms with E-state index in [4.69, 9.17) is 9.47 Å². The van der Waals surface area contributed by atoms with E-state index >= 15 is 0 Å². The van der Waals surface area contributed by atoms with E-state index in [9.17, 15) is 4.79 Å². The maximum absolute atomic E-state index is 12.6. The maximum Gasteiger partial charge on any atom is 0.231 e. The number of rotatable bonds is 3. The van der Waals surface area contributed by atoms with Crippen LogP contribution in [-0.2, 0) is 11.3 Å². The van der Waals surface area contributed by atoms with Gasteiger partial charge in [-0.3, -0.25) is 9.69 Å². The van der Waals surface area contributed by atoms with E-state index in [1.54, 1.807) is 0 Å². The smallest absolute Gasteiger partial charge is 0.231 e. The normalized spacial score (nSPS) is 24.5. The van der Waals surface area contributed by atoms with Crippen molar-refractivity contribution in [3.63, 3.8) is 0 Å². The fraction of sp³-hybridized carbons (Fsp3) is 0.611. The van der Waals surface area contributed by atoms with Gasteiger partial charge >= 0.3 is 0 Å². The van der Waals surface area contributed by atoms with Crippen LogP contribution in [0.4, 0.5) is 0 Å². The van der Waals surface area contributed by atoms with Gasteiger partial charge in [-0.1, -0.05) is 6.07 Å².